The predicted molar refractivity (Wildman–Crippen MR) is 77.3 cm³/mol. The van der Waals surface area contributed by atoms with E-state index in [9.17, 15) is 4.79 Å². The highest BCUT2D eigenvalue weighted by molar-refractivity contribution is 5.74. The summed E-state index contributed by atoms with van der Waals surface area (Å²) < 4.78 is 1.95. The summed E-state index contributed by atoms with van der Waals surface area (Å²) in [7, 11) is 0. The van der Waals surface area contributed by atoms with Gasteiger partial charge in [-0.05, 0) is 25.0 Å². The number of fused-ring (bicyclic) bond motifs is 1. The van der Waals surface area contributed by atoms with E-state index < -0.39 is 0 Å². The fraction of sp³-hybridized carbons (Fsp3) is 0.400. The molecule has 1 saturated heterocycles. The fourth-order valence-electron chi connectivity index (χ4n) is 2.66. The van der Waals surface area contributed by atoms with Crippen molar-refractivity contribution in [3.63, 3.8) is 0 Å². The van der Waals surface area contributed by atoms with Crippen molar-refractivity contribution in [3.8, 4) is 6.07 Å². The summed E-state index contributed by atoms with van der Waals surface area (Å²) in [5.74, 6) is -0.0414. The number of nitrogens with one attached hydrogen (secondary N) is 1. The number of urea groups is 1. The molecule has 1 aliphatic heterocycles. The maximum absolute atomic E-state index is 12.2. The Morgan fingerprint density at radius 2 is 2.43 bits per heavy atom. The molecule has 2 amide bonds. The van der Waals surface area contributed by atoms with Crippen molar-refractivity contribution in [1.29, 1.82) is 5.26 Å². The van der Waals surface area contributed by atoms with Crippen LogP contribution in [0.1, 0.15) is 18.5 Å². The lowest BCUT2D eigenvalue weighted by atomic mass is 10.0. The van der Waals surface area contributed by atoms with Gasteiger partial charge in [0.05, 0.1) is 30.4 Å². The van der Waals surface area contributed by atoms with Crippen LogP contribution in [0, 0.1) is 17.2 Å². The van der Waals surface area contributed by atoms with Crippen LogP contribution in [0.2, 0.25) is 0 Å². The maximum atomic E-state index is 12.2. The van der Waals surface area contributed by atoms with Crippen molar-refractivity contribution in [2.75, 3.05) is 13.1 Å². The van der Waals surface area contributed by atoms with Crippen molar-refractivity contribution in [2.45, 2.75) is 19.4 Å². The Hall–Kier alpha value is -2.55. The first-order chi connectivity index (χ1) is 10.3. The quantitative estimate of drug-likeness (QED) is 0.913. The molecule has 108 valence electrons. The van der Waals surface area contributed by atoms with Crippen LogP contribution in [0.25, 0.3) is 5.65 Å². The molecule has 21 heavy (non-hydrogen) atoms. The largest absolute Gasteiger partial charge is 0.332 e. The van der Waals surface area contributed by atoms with Gasteiger partial charge in [0.1, 0.15) is 5.65 Å². The Labute approximate surface area is 123 Å². The third-order valence-electron chi connectivity index (χ3n) is 3.81. The number of carbonyl (C=O) groups excluding carboxylic acids is 1. The summed E-state index contributed by atoms with van der Waals surface area (Å²) in [5.41, 5.74) is 1.80. The van der Waals surface area contributed by atoms with Crippen LogP contribution in [0.5, 0.6) is 0 Å². The second kappa shape index (κ2) is 5.83. The third-order valence-corrected chi connectivity index (χ3v) is 3.81. The van der Waals surface area contributed by atoms with E-state index in [2.05, 4.69) is 16.4 Å². The summed E-state index contributed by atoms with van der Waals surface area (Å²) in [4.78, 5) is 18.2. The van der Waals surface area contributed by atoms with Gasteiger partial charge in [0.15, 0.2) is 0 Å². The van der Waals surface area contributed by atoms with Crippen LogP contribution in [0.4, 0.5) is 4.79 Å². The molecule has 2 aromatic heterocycles. The molecule has 1 fully saturated rings. The molecule has 0 aliphatic carbocycles. The van der Waals surface area contributed by atoms with Gasteiger partial charge in [-0.3, -0.25) is 0 Å². The van der Waals surface area contributed by atoms with Crippen molar-refractivity contribution in [3.05, 3.63) is 36.3 Å². The molecule has 0 radical (unpaired) electrons. The van der Waals surface area contributed by atoms with Crippen LogP contribution in [-0.4, -0.2) is 33.4 Å². The van der Waals surface area contributed by atoms with E-state index in [1.165, 1.54) is 0 Å². The molecule has 3 rings (SSSR count). The number of amides is 2. The first kappa shape index (κ1) is 13.4. The van der Waals surface area contributed by atoms with E-state index in [0.29, 0.717) is 13.1 Å². The normalized spacial score (nSPS) is 18.4. The smallest absolute Gasteiger partial charge is 0.317 e. The van der Waals surface area contributed by atoms with Crippen molar-refractivity contribution >= 4 is 11.7 Å². The molecule has 1 aliphatic rings. The molecule has 3 heterocycles. The van der Waals surface area contributed by atoms with Gasteiger partial charge in [-0.25, -0.2) is 9.78 Å². The van der Waals surface area contributed by atoms with E-state index in [4.69, 9.17) is 5.26 Å². The highest BCUT2D eigenvalue weighted by Gasteiger charge is 2.23. The maximum Gasteiger partial charge on any atom is 0.317 e. The van der Waals surface area contributed by atoms with Crippen LogP contribution >= 0.6 is 0 Å². The number of pyridine rings is 1. The average Bonchev–Trinajstić information content (AvgIpc) is 2.96. The monoisotopic (exact) mass is 283 g/mol. The molecular weight excluding hydrogens is 266 g/mol. The Bertz CT molecular complexity index is 687. The van der Waals surface area contributed by atoms with Gasteiger partial charge >= 0.3 is 6.03 Å². The molecule has 0 saturated carbocycles. The van der Waals surface area contributed by atoms with Gasteiger partial charge in [0.2, 0.25) is 0 Å². The fourth-order valence-corrected chi connectivity index (χ4v) is 2.66. The van der Waals surface area contributed by atoms with Gasteiger partial charge < -0.3 is 14.6 Å². The number of hydrogen-bond donors (Lipinski definition) is 1. The average molecular weight is 283 g/mol. The lowest BCUT2D eigenvalue weighted by Crippen LogP contribution is -2.45. The summed E-state index contributed by atoms with van der Waals surface area (Å²) in [6, 6.07) is 7.92. The van der Waals surface area contributed by atoms with Crippen molar-refractivity contribution in [1.82, 2.24) is 19.6 Å². The van der Waals surface area contributed by atoms with Crippen LogP contribution in [0.3, 0.4) is 0 Å². The van der Waals surface area contributed by atoms with Crippen LogP contribution < -0.4 is 5.32 Å². The highest BCUT2D eigenvalue weighted by Crippen LogP contribution is 2.15. The summed E-state index contributed by atoms with van der Waals surface area (Å²) in [6.07, 6.45) is 5.47. The zero-order valence-corrected chi connectivity index (χ0v) is 11.7. The minimum absolute atomic E-state index is 0.0414. The Kier molecular flexibility index (Phi) is 3.73. The highest BCUT2D eigenvalue weighted by atomic mass is 16.2. The number of piperidine rings is 1. The van der Waals surface area contributed by atoms with Gasteiger partial charge in [-0.1, -0.05) is 6.07 Å². The van der Waals surface area contributed by atoms with Crippen LogP contribution in [-0.2, 0) is 6.54 Å². The number of nitriles is 1. The summed E-state index contributed by atoms with van der Waals surface area (Å²) in [6.45, 7) is 1.67. The predicted octanol–water partition coefficient (Wildman–Crippen LogP) is 1.78. The topological polar surface area (TPSA) is 73.4 Å². The summed E-state index contributed by atoms with van der Waals surface area (Å²) >= 11 is 0. The second-order valence-electron chi connectivity index (χ2n) is 5.25. The van der Waals surface area contributed by atoms with E-state index in [1.807, 2.05) is 28.8 Å². The van der Waals surface area contributed by atoms with E-state index in [1.54, 1.807) is 11.1 Å². The second-order valence-corrected chi connectivity index (χ2v) is 5.25. The molecule has 6 nitrogen and oxygen atoms in total. The lowest BCUT2D eigenvalue weighted by molar-refractivity contribution is 0.176. The standard InChI is InChI=1S/C15H17N5O/c16-8-12-4-3-6-19(11-12)15(21)18-10-13-9-17-14-5-1-2-7-20(13)14/h1-2,5,7,9,12H,3-4,6,10-11H2,(H,18,21). The van der Waals surface area contributed by atoms with Crippen molar-refractivity contribution in [2.24, 2.45) is 5.92 Å². The number of aromatic nitrogens is 2. The number of imidazole rings is 1. The molecule has 0 aromatic carbocycles. The molecule has 1 atom stereocenters. The van der Waals surface area contributed by atoms with Gasteiger partial charge in [0.25, 0.3) is 0 Å². The number of nitrogens with zero attached hydrogens (tertiary/aromatic N) is 4. The molecular formula is C15H17N5O. The number of rotatable bonds is 2. The molecule has 1 unspecified atom stereocenters. The van der Waals surface area contributed by atoms with Crippen LogP contribution in [0.15, 0.2) is 30.6 Å². The SMILES string of the molecule is N#CC1CCCN(C(=O)NCc2cnc3ccccn23)C1. The van der Waals surface area contributed by atoms with E-state index >= 15 is 0 Å². The van der Waals surface area contributed by atoms with Crippen molar-refractivity contribution < 1.29 is 4.79 Å². The molecule has 6 heteroatoms. The minimum Gasteiger partial charge on any atom is -0.332 e. The molecule has 2 aromatic rings. The minimum atomic E-state index is -0.110. The summed E-state index contributed by atoms with van der Waals surface area (Å²) in [5, 5.41) is 11.9. The first-order valence-electron chi connectivity index (χ1n) is 7.11. The number of hydrogen-bond acceptors (Lipinski definition) is 3. The van der Waals surface area contributed by atoms with E-state index in [0.717, 1.165) is 30.7 Å². The zero-order chi connectivity index (χ0) is 14.7. The molecule has 1 N–H and O–H groups in total. The van der Waals surface area contributed by atoms with Gasteiger partial charge in [0, 0.05) is 19.3 Å². The third kappa shape index (κ3) is 2.82. The van der Waals surface area contributed by atoms with E-state index in [-0.39, 0.29) is 11.9 Å². The Balaban J connectivity index is 1.62. The number of likely N-dealkylation sites (tertiary alicyclic amines) is 1. The lowest BCUT2D eigenvalue weighted by Gasteiger charge is -2.29. The van der Waals surface area contributed by atoms with Gasteiger partial charge in [-0.15, -0.1) is 0 Å². The number of carbonyl (C=O) groups is 1. The zero-order valence-electron chi connectivity index (χ0n) is 11.7. The molecule has 0 bridgehead atoms. The molecule has 0 spiro atoms. The first-order valence-corrected chi connectivity index (χ1v) is 7.11. The Morgan fingerprint density at radius 1 is 1.52 bits per heavy atom. The van der Waals surface area contributed by atoms with Gasteiger partial charge in [-0.2, -0.15) is 5.26 Å². The Morgan fingerprint density at radius 3 is 3.29 bits per heavy atom.